The van der Waals surface area contributed by atoms with Crippen LogP contribution < -0.4 is 0 Å². The van der Waals surface area contributed by atoms with Crippen LogP contribution in [0.4, 0.5) is 0 Å². The van der Waals surface area contributed by atoms with Crippen molar-refractivity contribution in [1.82, 2.24) is 4.98 Å². The van der Waals surface area contributed by atoms with E-state index in [0.29, 0.717) is 0 Å². The molecule has 0 radical (unpaired) electrons. The summed E-state index contributed by atoms with van der Waals surface area (Å²) in [6.07, 6.45) is 4.67. The summed E-state index contributed by atoms with van der Waals surface area (Å²) in [7, 11) is 0. The number of rotatable bonds is 2. The summed E-state index contributed by atoms with van der Waals surface area (Å²) in [6, 6.07) is 9.76. The van der Waals surface area contributed by atoms with E-state index in [2.05, 4.69) is 4.98 Å². The van der Waals surface area contributed by atoms with E-state index in [0.717, 1.165) is 16.5 Å². The molecular weight excluding hydrogens is 245 g/mol. The van der Waals surface area contributed by atoms with Gasteiger partial charge in [-0.15, -0.1) is 12.4 Å². The number of hydrogen-bond donors (Lipinski definition) is 0. The minimum atomic E-state index is -0.483. The summed E-state index contributed by atoms with van der Waals surface area (Å²) in [5, 5.41) is 0.560. The van der Waals surface area contributed by atoms with E-state index < -0.39 is 5.24 Å². The molecule has 4 heteroatoms. The van der Waals surface area contributed by atoms with Gasteiger partial charge in [0.05, 0.1) is 5.52 Å². The molecule has 2 nitrogen and oxygen atoms in total. The Morgan fingerprint density at radius 1 is 1.31 bits per heavy atom. The number of fused-ring (bicyclic) bond motifs is 1. The lowest BCUT2D eigenvalue weighted by Crippen LogP contribution is -1.81. The van der Waals surface area contributed by atoms with Crippen LogP contribution in [0.1, 0.15) is 5.56 Å². The molecule has 0 aliphatic rings. The van der Waals surface area contributed by atoms with E-state index in [9.17, 15) is 4.79 Å². The van der Waals surface area contributed by atoms with Gasteiger partial charge in [0, 0.05) is 11.6 Å². The van der Waals surface area contributed by atoms with E-state index in [1.54, 1.807) is 12.3 Å². The van der Waals surface area contributed by atoms with E-state index in [1.165, 1.54) is 6.08 Å². The van der Waals surface area contributed by atoms with E-state index in [4.69, 9.17) is 11.6 Å². The van der Waals surface area contributed by atoms with Crippen molar-refractivity contribution in [1.29, 1.82) is 0 Å². The van der Waals surface area contributed by atoms with Crippen molar-refractivity contribution in [2.75, 3.05) is 0 Å². The zero-order valence-electron chi connectivity index (χ0n) is 8.26. The Hall–Kier alpha value is -1.38. The number of para-hydroxylation sites is 1. The minimum Gasteiger partial charge on any atom is -0.276 e. The largest absolute Gasteiger partial charge is 0.276 e. The molecule has 0 atom stereocenters. The number of pyridine rings is 1. The highest BCUT2D eigenvalue weighted by molar-refractivity contribution is 6.66. The maximum Gasteiger partial charge on any atom is 0.245 e. The molecule has 0 saturated carbocycles. The van der Waals surface area contributed by atoms with Crippen molar-refractivity contribution in [3.05, 3.63) is 48.2 Å². The lowest BCUT2D eigenvalue weighted by Gasteiger charge is -1.97. The molecule has 0 aliphatic heterocycles. The molecule has 16 heavy (non-hydrogen) atoms. The number of allylic oxidation sites excluding steroid dienone is 1. The predicted octanol–water partition coefficient (Wildman–Crippen LogP) is 3.44. The number of hydrogen-bond acceptors (Lipinski definition) is 2. The molecule has 2 aromatic rings. The first-order valence-electron chi connectivity index (χ1n) is 4.48. The van der Waals surface area contributed by atoms with Gasteiger partial charge in [-0.3, -0.25) is 9.78 Å². The Morgan fingerprint density at radius 3 is 2.81 bits per heavy atom. The van der Waals surface area contributed by atoms with Crippen molar-refractivity contribution in [2.24, 2.45) is 0 Å². The van der Waals surface area contributed by atoms with Crippen LogP contribution in [0.2, 0.25) is 0 Å². The molecule has 0 saturated heterocycles. The molecule has 1 aromatic carbocycles. The SMILES string of the molecule is Cl.O=C(Cl)/C=C/c1cnc2ccccc2c1. The van der Waals surface area contributed by atoms with Crippen LogP contribution in [0.15, 0.2) is 42.6 Å². The van der Waals surface area contributed by atoms with Gasteiger partial charge in [0.25, 0.3) is 0 Å². The quantitative estimate of drug-likeness (QED) is 0.607. The first-order chi connectivity index (χ1) is 7.25. The smallest absolute Gasteiger partial charge is 0.245 e. The fourth-order valence-electron chi connectivity index (χ4n) is 1.34. The molecular formula is C12H9Cl2NO. The third-order valence-corrected chi connectivity index (χ3v) is 2.14. The van der Waals surface area contributed by atoms with Gasteiger partial charge in [-0.1, -0.05) is 18.2 Å². The highest BCUT2D eigenvalue weighted by atomic mass is 35.5. The summed E-state index contributed by atoms with van der Waals surface area (Å²) in [5.41, 5.74) is 1.80. The molecule has 0 amide bonds. The lowest BCUT2D eigenvalue weighted by atomic mass is 10.1. The summed E-state index contributed by atoms with van der Waals surface area (Å²) >= 11 is 5.20. The molecule has 0 fully saturated rings. The van der Waals surface area contributed by atoms with Crippen molar-refractivity contribution in [3.8, 4) is 0 Å². The van der Waals surface area contributed by atoms with Gasteiger partial charge in [-0.05, 0) is 41.4 Å². The van der Waals surface area contributed by atoms with Gasteiger partial charge in [-0.2, -0.15) is 0 Å². The van der Waals surface area contributed by atoms with Crippen molar-refractivity contribution in [2.45, 2.75) is 0 Å². The second kappa shape index (κ2) is 5.64. The van der Waals surface area contributed by atoms with Crippen LogP contribution in [-0.4, -0.2) is 10.2 Å². The highest BCUT2D eigenvalue weighted by Gasteiger charge is 1.94. The molecule has 0 bridgehead atoms. The van der Waals surface area contributed by atoms with E-state index >= 15 is 0 Å². The Labute approximate surface area is 104 Å². The summed E-state index contributed by atoms with van der Waals surface area (Å²) in [6.45, 7) is 0. The van der Waals surface area contributed by atoms with Crippen molar-refractivity contribution >= 4 is 46.2 Å². The summed E-state index contributed by atoms with van der Waals surface area (Å²) < 4.78 is 0. The topological polar surface area (TPSA) is 30.0 Å². The molecule has 0 spiro atoms. The third-order valence-electron chi connectivity index (χ3n) is 2.02. The number of aromatic nitrogens is 1. The average molecular weight is 254 g/mol. The number of carbonyl (C=O) groups is 1. The number of halogens is 2. The molecule has 1 heterocycles. The molecule has 0 unspecified atom stereocenters. The predicted molar refractivity (Wildman–Crippen MR) is 68.9 cm³/mol. The fraction of sp³-hybridized carbons (Fsp3) is 0. The van der Waals surface area contributed by atoms with Gasteiger partial charge in [0.2, 0.25) is 5.24 Å². The average Bonchev–Trinajstić information content (AvgIpc) is 2.26. The maximum absolute atomic E-state index is 10.5. The van der Waals surface area contributed by atoms with Crippen molar-refractivity contribution < 1.29 is 4.79 Å². The lowest BCUT2D eigenvalue weighted by molar-refractivity contribution is -0.107. The first-order valence-corrected chi connectivity index (χ1v) is 4.86. The van der Waals surface area contributed by atoms with Gasteiger partial charge >= 0.3 is 0 Å². The van der Waals surface area contributed by atoms with Gasteiger partial charge in [-0.25, -0.2) is 0 Å². The van der Waals surface area contributed by atoms with Crippen molar-refractivity contribution in [3.63, 3.8) is 0 Å². The highest BCUT2D eigenvalue weighted by Crippen LogP contribution is 2.13. The Morgan fingerprint density at radius 2 is 2.06 bits per heavy atom. The molecule has 82 valence electrons. The zero-order chi connectivity index (χ0) is 10.7. The Kier molecular flexibility index (Phi) is 4.47. The van der Waals surface area contributed by atoms with Crippen LogP contribution >= 0.6 is 24.0 Å². The van der Waals surface area contributed by atoms with Crippen LogP contribution in [0, 0.1) is 0 Å². The maximum atomic E-state index is 10.5. The van der Waals surface area contributed by atoms with Crippen LogP contribution in [-0.2, 0) is 4.79 Å². The van der Waals surface area contributed by atoms with E-state index in [1.807, 2.05) is 30.3 Å². The van der Waals surface area contributed by atoms with Gasteiger partial charge in [0.15, 0.2) is 0 Å². The Bertz CT molecular complexity index is 537. The number of benzene rings is 1. The molecule has 0 aliphatic carbocycles. The molecule has 2 rings (SSSR count). The standard InChI is InChI=1S/C12H8ClNO.ClH/c13-12(15)6-5-9-7-10-3-1-2-4-11(10)14-8-9;/h1-8H;1H/b6-5+;. The molecule has 0 N–H and O–H groups in total. The zero-order valence-corrected chi connectivity index (χ0v) is 9.83. The monoisotopic (exact) mass is 253 g/mol. The fourth-order valence-corrected chi connectivity index (χ4v) is 1.40. The summed E-state index contributed by atoms with van der Waals surface area (Å²) in [4.78, 5) is 14.8. The minimum absolute atomic E-state index is 0. The summed E-state index contributed by atoms with van der Waals surface area (Å²) in [5.74, 6) is 0. The van der Waals surface area contributed by atoms with E-state index in [-0.39, 0.29) is 12.4 Å². The van der Waals surface area contributed by atoms with Crippen LogP contribution in [0.25, 0.3) is 17.0 Å². The van der Waals surface area contributed by atoms with Crippen LogP contribution in [0.3, 0.4) is 0 Å². The van der Waals surface area contributed by atoms with Crippen LogP contribution in [0.5, 0.6) is 0 Å². The number of nitrogens with zero attached hydrogens (tertiary/aromatic N) is 1. The third kappa shape index (κ3) is 3.05. The Balaban J connectivity index is 0.00000128. The second-order valence-electron chi connectivity index (χ2n) is 3.10. The first kappa shape index (κ1) is 12.7. The van der Waals surface area contributed by atoms with Gasteiger partial charge in [0.1, 0.15) is 0 Å². The van der Waals surface area contributed by atoms with Gasteiger partial charge < -0.3 is 0 Å². The molecule has 1 aromatic heterocycles. The second-order valence-corrected chi connectivity index (χ2v) is 3.47. The number of carbonyl (C=O) groups excluding carboxylic acids is 1. The normalized spacial score (nSPS) is 10.3.